The molecule has 7 heteroatoms. The van der Waals surface area contributed by atoms with Gasteiger partial charge < -0.3 is 9.47 Å². The second kappa shape index (κ2) is 7.71. The molecule has 3 aromatic carbocycles. The molecule has 1 fully saturated rings. The molecule has 4 rings (SSSR count). The third-order valence-corrected chi connectivity index (χ3v) is 4.86. The number of ether oxygens (including phenoxy) is 2. The van der Waals surface area contributed by atoms with Crippen molar-refractivity contribution in [3.8, 4) is 11.5 Å². The summed E-state index contributed by atoms with van der Waals surface area (Å²) in [6, 6.07) is 16.7. The summed E-state index contributed by atoms with van der Waals surface area (Å²) in [4.78, 5) is 38.9. The van der Waals surface area contributed by atoms with Gasteiger partial charge in [-0.1, -0.05) is 30.3 Å². The fraction of sp³-hybridized carbons (Fsp3) is 0.0870. The van der Waals surface area contributed by atoms with Gasteiger partial charge in [0.05, 0.1) is 19.9 Å². The highest BCUT2D eigenvalue weighted by atomic mass is 16.5. The predicted octanol–water partition coefficient (Wildman–Crippen LogP) is 3.52. The van der Waals surface area contributed by atoms with Gasteiger partial charge in [0.1, 0.15) is 17.1 Å². The van der Waals surface area contributed by atoms with Crippen molar-refractivity contribution in [3.05, 3.63) is 71.8 Å². The molecule has 0 saturated carbocycles. The number of methoxy groups -OCH3 is 2. The Morgan fingerprint density at radius 2 is 1.63 bits per heavy atom. The number of rotatable bonds is 4. The molecule has 0 radical (unpaired) electrons. The van der Waals surface area contributed by atoms with Crippen molar-refractivity contribution in [1.82, 2.24) is 5.32 Å². The molecule has 1 N–H and O–H groups in total. The first-order valence-electron chi connectivity index (χ1n) is 9.14. The second-order valence-electron chi connectivity index (χ2n) is 6.56. The van der Waals surface area contributed by atoms with Crippen LogP contribution in [0.3, 0.4) is 0 Å². The third kappa shape index (κ3) is 3.26. The van der Waals surface area contributed by atoms with Crippen LogP contribution in [0.2, 0.25) is 0 Å². The van der Waals surface area contributed by atoms with Gasteiger partial charge in [0, 0.05) is 5.56 Å². The Morgan fingerprint density at radius 1 is 0.900 bits per heavy atom. The number of anilines is 1. The second-order valence-corrected chi connectivity index (χ2v) is 6.56. The number of para-hydroxylation sites is 1. The summed E-state index contributed by atoms with van der Waals surface area (Å²) >= 11 is 0. The number of nitrogens with zero attached hydrogens (tertiary/aromatic N) is 1. The number of barbiturate groups is 1. The van der Waals surface area contributed by atoms with Gasteiger partial charge in [0.2, 0.25) is 0 Å². The molecule has 3 aromatic rings. The van der Waals surface area contributed by atoms with Gasteiger partial charge >= 0.3 is 6.03 Å². The fourth-order valence-corrected chi connectivity index (χ4v) is 3.37. The quantitative estimate of drug-likeness (QED) is 0.533. The molecule has 0 bridgehead atoms. The summed E-state index contributed by atoms with van der Waals surface area (Å²) in [6.45, 7) is 0. The molecule has 1 aliphatic rings. The summed E-state index contributed by atoms with van der Waals surface area (Å²) in [6.07, 6.45) is 1.45. The summed E-state index contributed by atoms with van der Waals surface area (Å²) in [5.41, 5.74) is 0.729. The zero-order valence-corrected chi connectivity index (χ0v) is 16.3. The largest absolute Gasteiger partial charge is 0.497 e. The minimum atomic E-state index is -0.792. The number of nitrogens with one attached hydrogen (secondary N) is 1. The van der Waals surface area contributed by atoms with Gasteiger partial charge in [-0.2, -0.15) is 0 Å². The number of imide groups is 2. The van der Waals surface area contributed by atoms with Crippen molar-refractivity contribution >= 4 is 40.4 Å². The molecule has 30 heavy (non-hydrogen) atoms. The standard InChI is InChI=1S/C23H18N2O5/c1-29-16-10-8-14-9-11-20(30-2)18(17(14)12-16)13-19-21(26)24-23(28)25(22(19)27)15-6-4-3-5-7-15/h3-13H,1-2H3,(H,24,26,28)/b19-13-. The lowest BCUT2D eigenvalue weighted by atomic mass is 9.99. The Kier molecular flexibility index (Phi) is 4.93. The molecule has 1 saturated heterocycles. The Morgan fingerprint density at radius 3 is 2.33 bits per heavy atom. The highest BCUT2D eigenvalue weighted by Gasteiger charge is 2.37. The first kappa shape index (κ1) is 19.2. The van der Waals surface area contributed by atoms with Crippen molar-refractivity contribution in [1.29, 1.82) is 0 Å². The molecule has 0 aliphatic carbocycles. The van der Waals surface area contributed by atoms with Gasteiger partial charge in [-0.3, -0.25) is 14.9 Å². The molecule has 0 atom stereocenters. The van der Waals surface area contributed by atoms with Crippen LogP contribution in [0.25, 0.3) is 16.8 Å². The van der Waals surface area contributed by atoms with Crippen molar-refractivity contribution in [2.75, 3.05) is 19.1 Å². The Bertz CT molecular complexity index is 1200. The van der Waals surface area contributed by atoms with E-state index in [0.29, 0.717) is 22.7 Å². The summed E-state index contributed by atoms with van der Waals surface area (Å²) in [5, 5.41) is 3.85. The van der Waals surface area contributed by atoms with Crippen LogP contribution in [-0.2, 0) is 9.59 Å². The Labute approximate surface area is 172 Å². The number of fused-ring (bicyclic) bond motifs is 1. The molecule has 1 heterocycles. The van der Waals surface area contributed by atoms with Gasteiger partial charge in [0.25, 0.3) is 11.8 Å². The number of benzene rings is 3. The van der Waals surface area contributed by atoms with E-state index in [4.69, 9.17) is 9.47 Å². The summed E-state index contributed by atoms with van der Waals surface area (Å²) < 4.78 is 10.8. The zero-order valence-electron chi connectivity index (χ0n) is 16.3. The lowest BCUT2D eigenvalue weighted by Crippen LogP contribution is -2.54. The number of hydrogen-bond acceptors (Lipinski definition) is 5. The van der Waals surface area contributed by atoms with Crippen LogP contribution in [0.4, 0.5) is 10.5 Å². The zero-order chi connectivity index (χ0) is 21.3. The maximum absolute atomic E-state index is 13.1. The summed E-state index contributed by atoms with van der Waals surface area (Å²) in [7, 11) is 3.06. The first-order valence-corrected chi connectivity index (χ1v) is 9.14. The monoisotopic (exact) mass is 402 g/mol. The SMILES string of the molecule is COc1ccc2ccc(OC)c(/C=C3/C(=O)NC(=O)N(c4ccccc4)C3=O)c2c1. The molecular weight excluding hydrogens is 384 g/mol. The lowest BCUT2D eigenvalue weighted by Gasteiger charge is -2.26. The highest BCUT2D eigenvalue weighted by Crippen LogP contribution is 2.33. The molecule has 7 nitrogen and oxygen atoms in total. The molecule has 0 unspecified atom stereocenters. The minimum Gasteiger partial charge on any atom is -0.497 e. The molecular formula is C23H18N2O5. The number of carbonyl (C=O) groups excluding carboxylic acids is 3. The normalized spacial score (nSPS) is 15.5. The number of hydrogen-bond donors (Lipinski definition) is 1. The van der Waals surface area contributed by atoms with E-state index in [-0.39, 0.29) is 5.57 Å². The van der Waals surface area contributed by atoms with E-state index < -0.39 is 17.8 Å². The van der Waals surface area contributed by atoms with Gasteiger partial charge in [-0.15, -0.1) is 0 Å². The molecule has 150 valence electrons. The average Bonchev–Trinajstić information content (AvgIpc) is 2.76. The van der Waals surface area contributed by atoms with Gasteiger partial charge in [-0.05, 0) is 47.2 Å². The highest BCUT2D eigenvalue weighted by molar-refractivity contribution is 6.39. The maximum Gasteiger partial charge on any atom is 0.335 e. The Balaban J connectivity index is 1.89. The topological polar surface area (TPSA) is 84.9 Å². The van der Waals surface area contributed by atoms with E-state index in [1.165, 1.54) is 13.2 Å². The third-order valence-electron chi connectivity index (χ3n) is 4.86. The summed E-state index contributed by atoms with van der Waals surface area (Å²) in [5.74, 6) is -0.376. The fourth-order valence-electron chi connectivity index (χ4n) is 3.37. The van der Waals surface area contributed by atoms with Crippen molar-refractivity contribution in [3.63, 3.8) is 0 Å². The Hall–Kier alpha value is -4.13. The molecule has 1 aliphatic heterocycles. The van der Waals surface area contributed by atoms with Crippen LogP contribution in [0.15, 0.2) is 66.2 Å². The van der Waals surface area contributed by atoms with E-state index in [1.807, 2.05) is 18.2 Å². The van der Waals surface area contributed by atoms with Crippen molar-refractivity contribution in [2.45, 2.75) is 0 Å². The van der Waals surface area contributed by atoms with Gasteiger partial charge in [0.15, 0.2) is 0 Å². The average molecular weight is 402 g/mol. The van der Waals surface area contributed by atoms with Crippen molar-refractivity contribution < 1.29 is 23.9 Å². The van der Waals surface area contributed by atoms with Crippen molar-refractivity contribution in [2.24, 2.45) is 0 Å². The van der Waals surface area contributed by atoms with Crippen LogP contribution in [-0.4, -0.2) is 32.1 Å². The van der Waals surface area contributed by atoms with Crippen LogP contribution in [0.1, 0.15) is 5.56 Å². The van der Waals surface area contributed by atoms with Crippen LogP contribution >= 0.6 is 0 Å². The number of amides is 4. The maximum atomic E-state index is 13.1. The predicted molar refractivity (Wildman–Crippen MR) is 112 cm³/mol. The van der Waals surface area contributed by atoms with Gasteiger partial charge in [-0.25, -0.2) is 9.69 Å². The molecule has 0 aromatic heterocycles. The van der Waals surface area contributed by atoms with Crippen LogP contribution in [0.5, 0.6) is 11.5 Å². The van der Waals surface area contributed by atoms with E-state index in [0.717, 1.165) is 15.7 Å². The molecule has 0 spiro atoms. The number of urea groups is 1. The minimum absolute atomic E-state index is 0.174. The molecule has 4 amide bonds. The van der Waals surface area contributed by atoms with E-state index in [1.54, 1.807) is 49.6 Å². The number of carbonyl (C=O) groups is 3. The first-order chi connectivity index (χ1) is 14.5. The van der Waals surface area contributed by atoms with Crippen LogP contribution < -0.4 is 19.7 Å². The van der Waals surface area contributed by atoms with E-state index in [9.17, 15) is 14.4 Å². The lowest BCUT2D eigenvalue weighted by molar-refractivity contribution is -0.122. The van der Waals surface area contributed by atoms with E-state index in [2.05, 4.69) is 5.32 Å². The smallest absolute Gasteiger partial charge is 0.335 e. The van der Waals surface area contributed by atoms with Crippen LogP contribution in [0, 0.1) is 0 Å². The van der Waals surface area contributed by atoms with E-state index >= 15 is 0 Å².